The molecule has 0 spiro atoms. The van der Waals surface area contributed by atoms with Crippen LogP contribution in [0.3, 0.4) is 0 Å². The molecule has 1 aromatic carbocycles. The normalized spacial score (nSPS) is 13.2. The second-order valence-electron chi connectivity index (χ2n) is 8.37. The number of benzene rings is 1. The maximum Gasteiger partial charge on any atom is 0.307 e. The highest BCUT2D eigenvalue weighted by atomic mass is 35.5. The summed E-state index contributed by atoms with van der Waals surface area (Å²) in [5.74, 6) is -0.107. The van der Waals surface area contributed by atoms with E-state index in [9.17, 15) is 13.2 Å². The molecule has 0 bridgehead atoms. The van der Waals surface area contributed by atoms with Crippen molar-refractivity contribution in [2.24, 2.45) is 5.41 Å². The number of H-pyrrole nitrogens is 1. The molecule has 1 atom stereocenters. The topological polar surface area (TPSA) is 114 Å². The van der Waals surface area contributed by atoms with Crippen LogP contribution in [0, 0.1) is 12.3 Å². The summed E-state index contributed by atoms with van der Waals surface area (Å²) in [4.78, 5) is 23.5. The van der Waals surface area contributed by atoms with Crippen molar-refractivity contribution in [1.29, 1.82) is 0 Å². The van der Waals surface area contributed by atoms with Gasteiger partial charge >= 0.3 is 5.97 Å². The van der Waals surface area contributed by atoms with E-state index in [1.165, 1.54) is 19.2 Å². The van der Waals surface area contributed by atoms with Gasteiger partial charge in [-0.3, -0.25) is 4.79 Å². The molecule has 0 saturated carbocycles. The van der Waals surface area contributed by atoms with Crippen molar-refractivity contribution in [1.82, 2.24) is 15.0 Å². The minimum absolute atomic E-state index is 0.0584. The van der Waals surface area contributed by atoms with E-state index in [1.54, 1.807) is 25.3 Å². The summed E-state index contributed by atoms with van der Waals surface area (Å²) in [5, 5.41) is 2.94. The second-order valence-corrected chi connectivity index (χ2v) is 10.6. The number of aromatic nitrogens is 3. The number of hydrogen-bond acceptors (Lipinski definition) is 7. The maximum absolute atomic E-state index is 13.3. The number of aryl methyl sites for hydroxylation is 1. The van der Waals surface area contributed by atoms with Crippen molar-refractivity contribution >= 4 is 44.3 Å². The van der Waals surface area contributed by atoms with Gasteiger partial charge in [0.25, 0.3) is 5.16 Å². The number of methoxy groups -OCH3 is 1. The third-order valence-electron chi connectivity index (χ3n) is 4.96. The lowest BCUT2D eigenvalue weighted by Crippen LogP contribution is -2.37. The summed E-state index contributed by atoms with van der Waals surface area (Å²) in [6.07, 6.45) is 1.73. The third-order valence-corrected chi connectivity index (χ3v) is 6.98. The Morgan fingerprint density at radius 1 is 1.26 bits per heavy atom. The van der Waals surface area contributed by atoms with Gasteiger partial charge in [0.2, 0.25) is 9.84 Å². The number of nitrogens with zero attached hydrogens (tertiary/aromatic N) is 2. The molecular weight excluding hydrogens is 440 g/mol. The minimum atomic E-state index is -4.08. The Morgan fingerprint density at radius 2 is 1.97 bits per heavy atom. The average Bonchev–Trinajstić information content (AvgIpc) is 3.17. The molecule has 3 aromatic rings. The lowest BCUT2D eigenvalue weighted by molar-refractivity contribution is -0.141. The molecule has 2 N–H and O–H groups in total. The van der Waals surface area contributed by atoms with E-state index < -0.39 is 9.84 Å². The summed E-state index contributed by atoms with van der Waals surface area (Å²) < 4.78 is 31.4. The number of anilines is 1. The van der Waals surface area contributed by atoms with Crippen molar-refractivity contribution in [2.45, 2.75) is 50.2 Å². The minimum Gasteiger partial charge on any atom is -0.469 e. The maximum atomic E-state index is 13.3. The Kier molecular flexibility index (Phi) is 6.29. The first-order valence-corrected chi connectivity index (χ1v) is 11.5. The Labute approximate surface area is 186 Å². The van der Waals surface area contributed by atoms with Crippen molar-refractivity contribution < 1.29 is 17.9 Å². The van der Waals surface area contributed by atoms with Gasteiger partial charge in [0.1, 0.15) is 5.52 Å². The molecule has 0 aliphatic carbocycles. The molecule has 0 fully saturated rings. The highest BCUT2D eigenvalue weighted by Gasteiger charge is 2.31. The first-order chi connectivity index (χ1) is 14.4. The van der Waals surface area contributed by atoms with Gasteiger partial charge in [-0.15, -0.1) is 0 Å². The van der Waals surface area contributed by atoms with Gasteiger partial charge < -0.3 is 15.0 Å². The van der Waals surface area contributed by atoms with E-state index in [1.807, 2.05) is 20.8 Å². The molecule has 0 aliphatic rings. The van der Waals surface area contributed by atoms with Crippen LogP contribution in [0.5, 0.6) is 0 Å². The van der Waals surface area contributed by atoms with Crippen LogP contribution in [-0.4, -0.2) is 42.5 Å². The van der Waals surface area contributed by atoms with Crippen LogP contribution in [0.25, 0.3) is 11.0 Å². The molecule has 166 valence electrons. The molecule has 0 radical (unpaired) electrons. The lowest BCUT2D eigenvalue weighted by atomic mass is 9.84. The fourth-order valence-corrected chi connectivity index (χ4v) is 4.77. The fourth-order valence-electron chi connectivity index (χ4n) is 3.05. The summed E-state index contributed by atoms with van der Waals surface area (Å²) >= 11 is 6.18. The van der Waals surface area contributed by atoms with E-state index in [0.717, 1.165) is 5.56 Å². The van der Waals surface area contributed by atoms with E-state index in [0.29, 0.717) is 11.0 Å². The Morgan fingerprint density at radius 3 is 2.61 bits per heavy atom. The van der Waals surface area contributed by atoms with Crippen molar-refractivity contribution in [2.75, 3.05) is 12.4 Å². The summed E-state index contributed by atoms with van der Waals surface area (Å²) in [7, 11) is -2.76. The summed E-state index contributed by atoms with van der Waals surface area (Å²) in [6.45, 7) is 7.67. The molecule has 2 heterocycles. The third kappa shape index (κ3) is 4.83. The van der Waals surface area contributed by atoms with Gasteiger partial charge in [-0.05, 0) is 36.1 Å². The van der Waals surface area contributed by atoms with E-state index in [-0.39, 0.29) is 44.7 Å². The highest BCUT2D eigenvalue weighted by molar-refractivity contribution is 7.91. The molecule has 10 heteroatoms. The SMILES string of the molecule is COC(=O)C[C@@H](Nc1nc(S(=O)(=O)c2cc(C)ccc2Cl)nc2cc[nH]c12)C(C)(C)C. The summed E-state index contributed by atoms with van der Waals surface area (Å²) in [6, 6.07) is 6.03. The largest absolute Gasteiger partial charge is 0.469 e. The quantitative estimate of drug-likeness (QED) is 0.416. The molecule has 8 nitrogen and oxygen atoms in total. The monoisotopic (exact) mass is 464 g/mol. The number of esters is 1. The van der Waals surface area contributed by atoms with E-state index in [4.69, 9.17) is 16.3 Å². The van der Waals surface area contributed by atoms with Crippen molar-refractivity contribution in [3.8, 4) is 0 Å². The van der Waals surface area contributed by atoms with Crippen LogP contribution in [0.1, 0.15) is 32.8 Å². The number of aromatic amines is 1. The van der Waals surface area contributed by atoms with Crippen LogP contribution in [0.4, 0.5) is 5.82 Å². The smallest absolute Gasteiger partial charge is 0.307 e. The number of sulfone groups is 1. The van der Waals surface area contributed by atoms with Gasteiger partial charge in [-0.1, -0.05) is 38.4 Å². The number of rotatable bonds is 6. The number of ether oxygens (including phenoxy) is 1. The number of carbonyl (C=O) groups is 1. The predicted octanol–water partition coefficient (Wildman–Crippen LogP) is 4.14. The van der Waals surface area contributed by atoms with E-state index in [2.05, 4.69) is 20.3 Å². The van der Waals surface area contributed by atoms with Crippen LogP contribution in [-0.2, 0) is 19.4 Å². The van der Waals surface area contributed by atoms with Gasteiger partial charge in [0, 0.05) is 12.2 Å². The van der Waals surface area contributed by atoms with E-state index >= 15 is 0 Å². The second kappa shape index (κ2) is 8.47. The zero-order valence-corrected chi connectivity index (χ0v) is 19.6. The molecule has 0 unspecified atom stereocenters. The molecule has 3 rings (SSSR count). The van der Waals surface area contributed by atoms with Gasteiger partial charge in [-0.25, -0.2) is 13.4 Å². The van der Waals surface area contributed by atoms with Crippen LogP contribution < -0.4 is 5.32 Å². The van der Waals surface area contributed by atoms with Crippen LogP contribution >= 0.6 is 11.6 Å². The fraction of sp³-hybridized carbons (Fsp3) is 0.381. The number of carbonyl (C=O) groups excluding carboxylic acids is 1. The molecule has 2 aromatic heterocycles. The van der Waals surface area contributed by atoms with Crippen LogP contribution in [0.15, 0.2) is 40.5 Å². The number of halogens is 1. The van der Waals surface area contributed by atoms with Gasteiger partial charge in [0.15, 0.2) is 5.82 Å². The molecule has 0 amide bonds. The Bertz CT molecular complexity index is 1230. The Balaban J connectivity index is 2.13. The molecule has 0 saturated heterocycles. The van der Waals surface area contributed by atoms with Gasteiger partial charge in [-0.2, -0.15) is 4.98 Å². The first-order valence-electron chi connectivity index (χ1n) is 9.63. The number of hydrogen-bond donors (Lipinski definition) is 2. The van der Waals surface area contributed by atoms with Crippen molar-refractivity contribution in [3.05, 3.63) is 41.0 Å². The molecular formula is C21H25ClN4O4S. The zero-order chi connectivity index (χ0) is 23.0. The van der Waals surface area contributed by atoms with Crippen LogP contribution in [0.2, 0.25) is 5.02 Å². The van der Waals surface area contributed by atoms with Gasteiger partial charge in [0.05, 0.1) is 29.0 Å². The molecule has 31 heavy (non-hydrogen) atoms. The first kappa shape index (κ1) is 23.0. The average molecular weight is 465 g/mol. The van der Waals surface area contributed by atoms with Crippen molar-refractivity contribution in [3.63, 3.8) is 0 Å². The number of nitrogens with one attached hydrogen (secondary N) is 2. The standard InChI is InChI=1S/C21H25ClN4O4S/c1-12-6-7-13(22)15(10-12)31(28,29)20-24-14-8-9-23-18(14)19(26-20)25-16(21(2,3)4)11-17(27)30-5/h6-10,16,23H,11H2,1-5H3,(H,24,25,26)/t16-/m1/s1. The lowest BCUT2D eigenvalue weighted by Gasteiger charge is -2.31. The predicted molar refractivity (Wildman–Crippen MR) is 119 cm³/mol. The zero-order valence-electron chi connectivity index (χ0n) is 18.0. The summed E-state index contributed by atoms with van der Waals surface area (Å²) in [5.41, 5.74) is 1.35. The highest BCUT2D eigenvalue weighted by Crippen LogP contribution is 2.31. The molecule has 0 aliphatic heterocycles. The Hall–Kier alpha value is -2.65. The number of fused-ring (bicyclic) bond motifs is 1.